The monoisotopic (exact) mass is 191 g/mol. The highest BCUT2D eigenvalue weighted by Crippen LogP contribution is 2.09. The van der Waals surface area contributed by atoms with E-state index in [0.29, 0.717) is 11.4 Å². The molecule has 0 spiro atoms. The summed E-state index contributed by atoms with van der Waals surface area (Å²) >= 11 is 0. The maximum atomic E-state index is 11.1. The second kappa shape index (κ2) is 4.14. The minimum absolute atomic E-state index is 0.0764. The number of nitriles is 1. The third kappa shape index (κ3) is 1.93. The Morgan fingerprint density at radius 1 is 1.64 bits per heavy atom. The lowest BCUT2D eigenvalue weighted by atomic mass is 10.1. The van der Waals surface area contributed by atoms with Gasteiger partial charge in [-0.15, -0.1) is 0 Å². The van der Waals surface area contributed by atoms with Crippen LogP contribution in [0.5, 0.6) is 0 Å². The van der Waals surface area contributed by atoms with Crippen molar-refractivity contribution >= 4 is 5.97 Å². The molecular formula is C9H9N3O2. The van der Waals surface area contributed by atoms with E-state index in [9.17, 15) is 4.79 Å². The second-order valence-corrected chi connectivity index (χ2v) is 2.51. The van der Waals surface area contributed by atoms with Crippen molar-refractivity contribution in [3.8, 4) is 6.07 Å². The smallest absolute Gasteiger partial charge is 0.350 e. The standard InChI is InChI=1S/C9H9N3O2/c1-14-9(13)7(4-10)8-3-2-6(11)5-12-8/h2-3,5,12H,11H2,1H3. The van der Waals surface area contributed by atoms with Gasteiger partial charge < -0.3 is 15.8 Å². The highest BCUT2D eigenvalue weighted by Gasteiger charge is 2.14. The molecule has 72 valence electrons. The van der Waals surface area contributed by atoms with E-state index in [1.165, 1.54) is 13.3 Å². The van der Waals surface area contributed by atoms with Gasteiger partial charge in [0, 0.05) is 11.9 Å². The van der Waals surface area contributed by atoms with Gasteiger partial charge in [-0.1, -0.05) is 0 Å². The normalized spacial score (nSPS) is 17.6. The summed E-state index contributed by atoms with van der Waals surface area (Å²) in [6, 6.07) is 1.76. The summed E-state index contributed by atoms with van der Waals surface area (Å²) in [5, 5.41) is 11.4. The van der Waals surface area contributed by atoms with Crippen LogP contribution in [-0.4, -0.2) is 13.1 Å². The first kappa shape index (κ1) is 9.86. The highest BCUT2D eigenvalue weighted by atomic mass is 16.5. The third-order valence-electron chi connectivity index (χ3n) is 1.61. The molecule has 0 aromatic carbocycles. The number of rotatable bonds is 1. The number of ether oxygens (including phenoxy) is 1. The second-order valence-electron chi connectivity index (χ2n) is 2.51. The molecule has 0 saturated carbocycles. The molecule has 0 amide bonds. The Balaban J connectivity index is 3.00. The lowest BCUT2D eigenvalue weighted by molar-refractivity contribution is -0.135. The van der Waals surface area contributed by atoms with E-state index in [1.807, 2.05) is 0 Å². The Labute approximate surface area is 81.1 Å². The van der Waals surface area contributed by atoms with Gasteiger partial charge in [0.05, 0.1) is 12.8 Å². The zero-order chi connectivity index (χ0) is 10.6. The maximum absolute atomic E-state index is 11.1. The van der Waals surface area contributed by atoms with Gasteiger partial charge in [-0.2, -0.15) is 5.26 Å². The van der Waals surface area contributed by atoms with Crippen LogP contribution in [0.2, 0.25) is 0 Å². The topological polar surface area (TPSA) is 88.1 Å². The van der Waals surface area contributed by atoms with Crippen molar-refractivity contribution in [2.45, 2.75) is 0 Å². The molecule has 3 N–H and O–H groups in total. The first-order chi connectivity index (χ1) is 6.69. The lowest BCUT2D eigenvalue weighted by Crippen LogP contribution is -2.17. The number of hydrogen-bond donors (Lipinski definition) is 2. The van der Waals surface area contributed by atoms with Gasteiger partial charge in [0.15, 0.2) is 5.57 Å². The minimum Gasteiger partial charge on any atom is -0.465 e. The molecule has 0 bridgehead atoms. The fourth-order valence-corrected chi connectivity index (χ4v) is 0.910. The molecule has 0 saturated heterocycles. The first-order valence-electron chi connectivity index (χ1n) is 3.82. The zero-order valence-corrected chi connectivity index (χ0v) is 7.57. The van der Waals surface area contributed by atoms with Gasteiger partial charge in [-0.3, -0.25) is 0 Å². The summed E-state index contributed by atoms with van der Waals surface area (Å²) in [7, 11) is 1.22. The number of nitrogens with one attached hydrogen (secondary N) is 1. The average molecular weight is 191 g/mol. The number of carbonyl (C=O) groups is 1. The van der Waals surface area contributed by atoms with Crippen molar-refractivity contribution in [3.05, 3.63) is 35.3 Å². The predicted molar refractivity (Wildman–Crippen MR) is 49.2 cm³/mol. The van der Waals surface area contributed by atoms with E-state index in [0.717, 1.165) is 0 Å². The summed E-state index contributed by atoms with van der Waals surface area (Å²) in [6.07, 6.45) is 4.63. The van der Waals surface area contributed by atoms with Crippen molar-refractivity contribution in [2.75, 3.05) is 7.11 Å². The van der Waals surface area contributed by atoms with Gasteiger partial charge in [0.2, 0.25) is 0 Å². The number of nitrogens with two attached hydrogens (primary N) is 1. The molecule has 0 unspecified atom stereocenters. The van der Waals surface area contributed by atoms with Crippen LogP contribution in [0.4, 0.5) is 0 Å². The van der Waals surface area contributed by atoms with Crippen LogP contribution in [0.15, 0.2) is 35.3 Å². The van der Waals surface area contributed by atoms with E-state index < -0.39 is 5.97 Å². The molecule has 0 aromatic rings. The maximum Gasteiger partial charge on any atom is 0.350 e. The molecule has 0 radical (unpaired) electrons. The fraction of sp³-hybridized carbons (Fsp3) is 0.111. The Morgan fingerprint density at radius 2 is 2.36 bits per heavy atom. The van der Waals surface area contributed by atoms with Crippen LogP contribution in [0, 0.1) is 11.3 Å². The number of nitrogens with zero attached hydrogens (tertiary/aromatic N) is 1. The van der Waals surface area contributed by atoms with Crippen molar-refractivity contribution in [1.82, 2.24) is 5.32 Å². The van der Waals surface area contributed by atoms with Crippen molar-refractivity contribution in [2.24, 2.45) is 5.73 Å². The van der Waals surface area contributed by atoms with Crippen molar-refractivity contribution in [3.63, 3.8) is 0 Å². The molecule has 1 aliphatic rings. The quantitative estimate of drug-likeness (QED) is 0.343. The van der Waals surface area contributed by atoms with Crippen LogP contribution in [0.25, 0.3) is 0 Å². The lowest BCUT2D eigenvalue weighted by Gasteiger charge is -2.09. The summed E-state index contributed by atoms with van der Waals surface area (Å²) in [5.74, 6) is -0.673. The molecule has 1 rings (SSSR count). The zero-order valence-electron chi connectivity index (χ0n) is 7.57. The Hall–Kier alpha value is -2.22. The van der Waals surface area contributed by atoms with E-state index >= 15 is 0 Å². The molecule has 1 heterocycles. The SMILES string of the molecule is COC(=O)C(C#N)=C1C=CC(N)=CN1. The van der Waals surface area contributed by atoms with Gasteiger partial charge in [-0.05, 0) is 12.2 Å². The predicted octanol–water partition coefficient (Wildman–Crippen LogP) is -0.103. The van der Waals surface area contributed by atoms with E-state index in [-0.39, 0.29) is 5.57 Å². The van der Waals surface area contributed by atoms with Crippen LogP contribution >= 0.6 is 0 Å². The Morgan fingerprint density at radius 3 is 2.79 bits per heavy atom. The van der Waals surface area contributed by atoms with Gasteiger partial charge in [0.1, 0.15) is 6.07 Å². The van der Waals surface area contributed by atoms with Crippen molar-refractivity contribution in [1.29, 1.82) is 5.26 Å². The van der Waals surface area contributed by atoms with Crippen LogP contribution in [-0.2, 0) is 9.53 Å². The number of hydrogen-bond acceptors (Lipinski definition) is 5. The molecule has 14 heavy (non-hydrogen) atoms. The summed E-state index contributed by atoms with van der Waals surface area (Å²) in [6.45, 7) is 0. The van der Waals surface area contributed by atoms with Crippen LogP contribution in [0.3, 0.4) is 0 Å². The minimum atomic E-state index is -0.673. The van der Waals surface area contributed by atoms with Crippen LogP contribution in [0.1, 0.15) is 0 Å². The Bertz CT molecular complexity index is 385. The molecule has 0 fully saturated rings. The molecule has 0 aromatic heterocycles. The number of dihydropyridines is 1. The van der Waals surface area contributed by atoms with E-state index in [4.69, 9.17) is 11.0 Å². The summed E-state index contributed by atoms with van der Waals surface area (Å²) in [4.78, 5) is 11.1. The number of carbonyl (C=O) groups excluding carboxylic acids is 1. The number of methoxy groups -OCH3 is 1. The molecule has 0 atom stereocenters. The number of esters is 1. The van der Waals surface area contributed by atoms with E-state index in [1.54, 1.807) is 18.2 Å². The van der Waals surface area contributed by atoms with E-state index in [2.05, 4.69) is 10.1 Å². The van der Waals surface area contributed by atoms with Crippen LogP contribution < -0.4 is 11.1 Å². The fourth-order valence-electron chi connectivity index (χ4n) is 0.910. The summed E-state index contributed by atoms with van der Waals surface area (Å²) in [5.41, 5.74) is 6.27. The molecule has 5 heteroatoms. The third-order valence-corrected chi connectivity index (χ3v) is 1.61. The van der Waals surface area contributed by atoms with Gasteiger partial charge >= 0.3 is 5.97 Å². The largest absolute Gasteiger partial charge is 0.465 e. The van der Waals surface area contributed by atoms with Crippen molar-refractivity contribution < 1.29 is 9.53 Å². The summed E-state index contributed by atoms with van der Waals surface area (Å²) < 4.78 is 4.44. The molecule has 0 aliphatic carbocycles. The highest BCUT2D eigenvalue weighted by molar-refractivity contribution is 5.94. The Kier molecular flexibility index (Phi) is 2.92. The first-order valence-corrected chi connectivity index (χ1v) is 3.82. The van der Waals surface area contributed by atoms with Gasteiger partial charge in [-0.25, -0.2) is 4.79 Å². The number of allylic oxidation sites excluding steroid dienone is 2. The average Bonchev–Trinajstić information content (AvgIpc) is 2.21. The molecule has 5 nitrogen and oxygen atoms in total. The van der Waals surface area contributed by atoms with Gasteiger partial charge in [0.25, 0.3) is 0 Å². The molecule has 1 aliphatic heterocycles. The molecular weight excluding hydrogens is 182 g/mol.